The predicted molar refractivity (Wildman–Crippen MR) is 67.6 cm³/mol. The Labute approximate surface area is 112 Å². The molecular weight excluding hydrogens is 259 g/mol. The van der Waals surface area contributed by atoms with Crippen molar-refractivity contribution in [1.82, 2.24) is 15.5 Å². The van der Waals surface area contributed by atoms with Crippen LogP contribution in [0.25, 0.3) is 0 Å². The van der Waals surface area contributed by atoms with Crippen molar-refractivity contribution in [3.05, 3.63) is 12.3 Å². The second-order valence-corrected chi connectivity index (χ2v) is 4.88. The zero-order valence-electron chi connectivity index (χ0n) is 11.4. The van der Waals surface area contributed by atoms with Gasteiger partial charge in [-0.25, -0.2) is 0 Å². The van der Waals surface area contributed by atoms with Crippen LogP contribution in [0.2, 0.25) is 0 Å². The number of ether oxygens (including phenoxy) is 1. The van der Waals surface area contributed by atoms with Crippen molar-refractivity contribution < 1.29 is 17.9 Å². The summed E-state index contributed by atoms with van der Waals surface area (Å²) >= 11 is 0. The Kier molecular flexibility index (Phi) is 6.09. The summed E-state index contributed by atoms with van der Waals surface area (Å²) in [5.74, 6) is 0. The molecular formula is C12H22F3N3O. The summed E-state index contributed by atoms with van der Waals surface area (Å²) < 4.78 is 38.8. The van der Waals surface area contributed by atoms with Crippen LogP contribution in [-0.4, -0.2) is 57.1 Å². The minimum atomic E-state index is -4.54. The quantitative estimate of drug-likeness (QED) is 0.690. The first-order chi connectivity index (χ1) is 8.79. The van der Waals surface area contributed by atoms with Crippen LogP contribution in [0.15, 0.2) is 12.3 Å². The predicted octanol–water partition coefficient (Wildman–Crippen LogP) is 1.31. The van der Waals surface area contributed by atoms with E-state index < -0.39 is 6.36 Å². The molecule has 2 unspecified atom stereocenters. The lowest BCUT2D eigenvalue weighted by Gasteiger charge is -2.23. The van der Waals surface area contributed by atoms with Gasteiger partial charge in [0.2, 0.25) is 0 Å². The molecule has 1 fully saturated rings. The Balaban J connectivity index is 2.11. The Morgan fingerprint density at radius 1 is 1.42 bits per heavy atom. The molecule has 0 radical (unpaired) electrons. The fourth-order valence-electron chi connectivity index (χ4n) is 2.07. The summed E-state index contributed by atoms with van der Waals surface area (Å²) in [7, 11) is 3.90. The molecule has 2 N–H and O–H groups in total. The summed E-state index contributed by atoms with van der Waals surface area (Å²) in [5.41, 5.74) is 1.03. The monoisotopic (exact) mass is 281 g/mol. The molecule has 0 saturated carbocycles. The van der Waals surface area contributed by atoms with E-state index in [1.165, 1.54) is 0 Å². The van der Waals surface area contributed by atoms with Crippen LogP contribution in [0.5, 0.6) is 0 Å². The third-order valence-electron chi connectivity index (χ3n) is 3.15. The van der Waals surface area contributed by atoms with Crippen molar-refractivity contribution in [2.75, 3.05) is 33.8 Å². The molecule has 4 nitrogen and oxygen atoms in total. The maximum atomic E-state index is 11.7. The number of hydrogen-bond acceptors (Lipinski definition) is 4. The van der Waals surface area contributed by atoms with Crippen LogP contribution in [0, 0.1) is 0 Å². The van der Waals surface area contributed by atoms with Gasteiger partial charge in [0.15, 0.2) is 0 Å². The van der Waals surface area contributed by atoms with Crippen molar-refractivity contribution in [1.29, 1.82) is 0 Å². The van der Waals surface area contributed by atoms with E-state index in [0.29, 0.717) is 6.54 Å². The molecule has 0 amide bonds. The van der Waals surface area contributed by atoms with Gasteiger partial charge in [-0.15, -0.1) is 13.2 Å². The number of nitrogens with zero attached hydrogens (tertiary/aromatic N) is 1. The molecule has 0 spiro atoms. The largest absolute Gasteiger partial charge is 0.522 e. The van der Waals surface area contributed by atoms with Crippen LogP contribution < -0.4 is 10.6 Å². The lowest BCUT2D eigenvalue weighted by atomic mass is 10.1. The first kappa shape index (κ1) is 16.3. The molecule has 7 heteroatoms. The van der Waals surface area contributed by atoms with E-state index in [1.54, 1.807) is 0 Å². The Hall–Kier alpha value is -0.790. The molecule has 1 saturated heterocycles. The average molecular weight is 281 g/mol. The van der Waals surface area contributed by atoms with Gasteiger partial charge in [-0.05, 0) is 12.8 Å². The third kappa shape index (κ3) is 6.26. The maximum Gasteiger partial charge on any atom is 0.522 e. The molecule has 1 aliphatic rings. The number of nitrogens with one attached hydrogen (secondary N) is 2. The number of hydrogen-bond donors (Lipinski definition) is 2. The van der Waals surface area contributed by atoms with Gasteiger partial charge >= 0.3 is 6.36 Å². The van der Waals surface area contributed by atoms with Crippen molar-refractivity contribution >= 4 is 0 Å². The van der Waals surface area contributed by atoms with Crippen molar-refractivity contribution in [3.63, 3.8) is 0 Å². The summed E-state index contributed by atoms with van der Waals surface area (Å²) in [4.78, 5) is 1.98. The fourth-order valence-corrected chi connectivity index (χ4v) is 2.07. The lowest BCUT2D eigenvalue weighted by molar-refractivity contribution is -0.323. The SMILES string of the molecule is C=C(C1CCC(CNCCOC(F)(F)F)N1)N(C)C. The van der Waals surface area contributed by atoms with Crippen LogP contribution in [0.3, 0.4) is 0 Å². The summed E-state index contributed by atoms with van der Waals surface area (Å²) in [6, 6.07) is 0.529. The molecule has 2 atom stereocenters. The van der Waals surface area contributed by atoms with Gasteiger partial charge in [0.1, 0.15) is 0 Å². The summed E-state index contributed by atoms with van der Waals surface area (Å²) in [5, 5.41) is 6.37. The van der Waals surface area contributed by atoms with Gasteiger partial charge in [0.25, 0.3) is 0 Å². The summed E-state index contributed by atoms with van der Waals surface area (Å²) in [6.07, 6.45) is -2.55. The maximum absolute atomic E-state index is 11.7. The van der Waals surface area contributed by atoms with Gasteiger partial charge in [-0.2, -0.15) is 0 Å². The van der Waals surface area contributed by atoms with E-state index in [1.807, 2.05) is 19.0 Å². The Morgan fingerprint density at radius 3 is 2.68 bits per heavy atom. The molecule has 19 heavy (non-hydrogen) atoms. The molecule has 1 heterocycles. The zero-order valence-corrected chi connectivity index (χ0v) is 11.4. The van der Waals surface area contributed by atoms with Gasteiger partial charge in [-0.1, -0.05) is 6.58 Å². The highest BCUT2D eigenvalue weighted by Crippen LogP contribution is 2.18. The smallest absolute Gasteiger partial charge is 0.380 e. The molecule has 0 aromatic rings. The third-order valence-corrected chi connectivity index (χ3v) is 3.15. The van der Waals surface area contributed by atoms with Crippen LogP contribution >= 0.6 is 0 Å². The molecule has 0 aliphatic carbocycles. The summed E-state index contributed by atoms with van der Waals surface area (Å²) in [6.45, 7) is 4.48. The van der Waals surface area contributed by atoms with E-state index >= 15 is 0 Å². The minimum absolute atomic E-state index is 0.191. The number of halogens is 3. The highest BCUT2D eigenvalue weighted by atomic mass is 19.4. The topological polar surface area (TPSA) is 36.5 Å². The molecule has 112 valence electrons. The van der Waals surface area contributed by atoms with Gasteiger partial charge in [0, 0.05) is 45.0 Å². The van der Waals surface area contributed by atoms with Crippen LogP contribution in [0.4, 0.5) is 13.2 Å². The highest BCUT2D eigenvalue weighted by molar-refractivity contribution is 5.07. The zero-order chi connectivity index (χ0) is 14.5. The number of rotatable bonds is 7. The molecule has 0 aromatic heterocycles. The normalized spacial score (nSPS) is 23.6. The first-order valence-corrected chi connectivity index (χ1v) is 6.33. The average Bonchev–Trinajstić information content (AvgIpc) is 2.74. The fraction of sp³-hybridized carbons (Fsp3) is 0.833. The molecule has 0 aromatic carbocycles. The Bertz CT molecular complexity index is 294. The van der Waals surface area contributed by atoms with Crippen molar-refractivity contribution in [3.8, 4) is 0 Å². The van der Waals surface area contributed by atoms with E-state index in [2.05, 4.69) is 21.9 Å². The number of alkyl halides is 3. The van der Waals surface area contributed by atoms with Gasteiger partial charge in [0.05, 0.1) is 6.61 Å². The van der Waals surface area contributed by atoms with Gasteiger partial charge < -0.3 is 15.5 Å². The second kappa shape index (κ2) is 7.12. The number of likely N-dealkylation sites (N-methyl/N-ethyl adjacent to an activating group) is 1. The van der Waals surface area contributed by atoms with E-state index in [4.69, 9.17) is 0 Å². The van der Waals surface area contributed by atoms with E-state index in [9.17, 15) is 13.2 Å². The van der Waals surface area contributed by atoms with E-state index in [-0.39, 0.29) is 25.2 Å². The Morgan fingerprint density at radius 2 is 2.11 bits per heavy atom. The van der Waals surface area contributed by atoms with Crippen molar-refractivity contribution in [2.45, 2.75) is 31.3 Å². The van der Waals surface area contributed by atoms with Gasteiger partial charge in [-0.3, -0.25) is 4.74 Å². The second-order valence-electron chi connectivity index (χ2n) is 4.88. The van der Waals surface area contributed by atoms with Crippen LogP contribution in [0.1, 0.15) is 12.8 Å². The molecule has 1 aliphatic heterocycles. The minimum Gasteiger partial charge on any atom is -0.380 e. The van der Waals surface area contributed by atoms with Crippen molar-refractivity contribution in [2.24, 2.45) is 0 Å². The molecule has 0 bridgehead atoms. The highest BCUT2D eigenvalue weighted by Gasteiger charge is 2.29. The lowest BCUT2D eigenvalue weighted by Crippen LogP contribution is -2.40. The van der Waals surface area contributed by atoms with Crippen LogP contribution in [-0.2, 0) is 4.74 Å². The van der Waals surface area contributed by atoms with E-state index in [0.717, 1.165) is 18.5 Å². The standard InChI is InChI=1S/C12H22F3N3O/c1-9(18(2)3)11-5-4-10(17-11)8-16-6-7-19-12(13,14)15/h10-11,16-17H,1,4-8H2,2-3H3. The first-order valence-electron chi connectivity index (χ1n) is 6.33. The molecule has 1 rings (SSSR count).